The van der Waals surface area contributed by atoms with E-state index in [1.54, 1.807) is 24.4 Å². The van der Waals surface area contributed by atoms with Gasteiger partial charge in [0.15, 0.2) is 17.2 Å². The molecule has 8 nitrogen and oxygen atoms in total. The van der Waals surface area contributed by atoms with Crippen molar-refractivity contribution < 1.29 is 14.1 Å². The predicted octanol–water partition coefficient (Wildman–Crippen LogP) is 1.62. The van der Waals surface area contributed by atoms with Crippen molar-refractivity contribution in [2.75, 3.05) is 6.61 Å². The third-order valence-corrected chi connectivity index (χ3v) is 3.18. The van der Waals surface area contributed by atoms with Crippen LogP contribution in [0.5, 0.6) is 5.75 Å². The van der Waals surface area contributed by atoms with E-state index >= 15 is 0 Å². The summed E-state index contributed by atoms with van der Waals surface area (Å²) < 4.78 is 21.5. The van der Waals surface area contributed by atoms with E-state index in [9.17, 15) is 19.3 Å². The third kappa shape index (κ3) is 2.89. The average molecular weight is 318 g/mol. The van der Waals surface area contributed by atoms with E-state index in [1.165, 1.54) is 15.1 Å². The van der Waals surface area contributed by atoms with Crippen LogP contribution < -0.4 is 10.4 Å². The van der Waals surface area contributed by atoms with Gasteiger partial charge in [0, 0.05) is 12.3 Å². The Labute approximate surface area is 128 Å². The number of non-ortho nitro benzene ring substituents is 1. The molecular formula is C14H11FN4O4. The molecule has 0 amide bonds. The van der Waals surface area contributed by atoms with Crippen LogP contribution in [0.25, 0.3) is 5.65 Å². The molecule has 3 rings (SSSR count). The fraction of sp³-hybridized carbons (Fsp3) is 0.143. The van der Waals surface area contributed by atoms with Crippen LogP contribution in [0.3, 0.4) is 0 Å². The van der Waals surface area contributed by atoms with Gasteiger partial charge in [0.2, 0.25) is 0 Å². The highest BCUT2D eigenvalue weighted by molar-refractivity contribution is 5.37. The quantitative estimate of drug-likeness (QED) is 0.526. The second-order valence-electron chi connectivity index (χ2n) is 4.65. The normalized spacial score (nSPS) is 10.8. The van der Waals surface area contributed by atoms with Crippen molar-refractivity contribution in [1.82, 2.24) is 14.2 Å². The van der Waals surface area contributed by atoms with Crippen LogP contribution in [0.1, 0.15) is 0 Å². The van der Waals surface area contributed by atoms with Gasteiger partial charge in [-0.1, -0.05) is 6.07 Å². The summed E-state index contributed by atoms with van der Waals surface area (Å²) in [5.41, 5.74) is -0.182. The van der Waals surface area contributed by atoms with Gasteiger partial charge in [0.1, 0.15) is 6.61 Å². The van der Waals surface area contributed by atoms with Gasteiger partial charge >= 0.3 is 5.69 Å². The lowest BCUT2D eigenvalue weighted by Crippen LogP contribution is -2.24. The van der Waals surface area contributed by atoms with E-state index in [4.69, 9.17) is 4.74 Å². The summed E-state index contributed by atoms with van der Waals surface area (Å²) in [6.07, 6.45) is 1.60. The summed E-state index contributed by atoms with van der Waals surface area (Å²) in [5, 5.41) is 14.6. The third-order valence-electron chi connectivity index (χ3n) is 3.18. The number of nitro benzene ring substituents is 1. The SMILES string of the molecule is O=c1n(CCOc2ccc([N+](=O)[O-])cc2F)nc2ccccn12. The smallest absolute Gasteiger partial charge is 0.350 e. The van der Waals surface area contributed by atoms with Gasteiger partial charge in [-0.15, -0.1) is 5.10 Å². The van der Waals surface area contributed by atoms with Gasteiger partial charge < -0.3 is 4.74 Å². The van der Waals surface area contributed by atoms with Crippen molar-refractivity contribution >= 4 is 11.3 Å². The maximum absolute atomic E-state index is 13.7. The van der Waals surface area contributed by atoms with E-state index in [-0.39, 0.29) is 30.3 Å². The van der Waals surface area contributed by atoms with Gasteiger partial charge in [0.25, 0.3) is 5.69 Å². The number of benzene rings is 1. The Bertz CT molecular complexity index is 934. The molecule has 0 spiro atoms. The first-order valence-corrected chi connectivity index (χ1v) is 6.67. The molecule has 0 aliphatic heterocycles. The van der Waals surface area contributed by atoms with Crippen LogP contribution in [0.4, 0.5) is 10.1 Å². The minimum Gasteiger partial charge on any atom is -0.489 e. The molecule has 2 heterocycles. The van der Waals surface area contributed by atoms with E-state index in [0.29, 0.717) is 5.65 Å². The van der Waals surface area contributed by atoms with Crippen LogP contribution in [-0.2, 0) is 6.54 Å². The summed E-state index contributed by atoms with van der Waals surface area (Å²) in [4.78, 5) is 21.9. The summed E-state index contributed by atoms with van der Waals surface area (Å²) in [6, 6.07) is 8.27. The fourth-order valence-electron chi connectivity index (χ4n) is 2.08. The van der Waals surface area contributed by atoms with Gasteiger partial charge in [-0.05, 0) is 18.2 Å². The topological polar surface area (TPSA) is 91.7 Å². The molecule has 118 valence electrons. The van der Waals surface area contributed by atoms with E-state index < -0.39 is 10.7 Å². The Hall–Kier alpha value is -3.23. The van der Waals surface area contributed by atoms with E-state index in [1.807, 2.05) is 0 Å². The first-order chi connectivity index (χ1) is 11.1. The van der Waals surface area contributed by atoms with E-state index in [2.05, 4.69) is 5.10 Å². The Morgan fingerprint density at radius 2 is 2.13 bits per heavy atom. The molecule has 0 fully saturated rings. The molecule has 0 saturated carbocycles. The predicted molar refractivity (Wildman–Crippen MR) is 78.0 cm³/mol. The lowest BCUT2D eigenvalue weighted by molar-refractivity contribution is -0.385. The Morgan fingerprint density at radius 1 is 1.30 bits per heavy atom. The Morgan fingerprint density at radius 3 is 2.83 bits per heavy atom. The number of pyridine rings is 1. The summed E-state index contributed by atoms with van der Waals surface area (Å²) in [7, 11) is 0. The number of nitro groups is 1. The molecule has 0 atom stereocenters. The molecule has 0 unspecified atom stereocenters. The number of hydrogen-bond acceptors (Lipinski definition) is 5. The number of aromatic nitrogens is 3. The first-order valence-electron chi connectivity index (χ1n) is 6.67. The summed E-state index contributed by atoms with van der Waals surface area (Å²) in [5.74, 6) is -0.950. The molecule has 0 saturated heterocycles. The fourth-order valence-corrected chi connectivity index (χ4v) is 2.08. The number of halogens is 1. The van der Waals surface area contributed by atoms with Crippen molar-refractivity contribution in [3.05, 3.63) is 69.0 Å². The van der Waals surface area contributed by atoms with Gasteiger partial charge in [-0.25, -0.2) is 13.9 Å². The van der Waals surface area contributed by atoms with Gasteiger partial charge in [0.05, 0.1) is 17.5 Å². The van der Waals surface area contributed by atoms with E-state index in [0.717, 1.165) is 12.1 Å². The van der Waals surface area contributed by atoms with Crippen LogP contribution in [0.2, 0.25) is 0 Å². The van der Waals surface area contributed by atoms with Crippen molar-refractivity contribution in [3.63, 3.8) is 0 Å². The number of hydrogen-bond donors (Lipinski definition) is 0. The lowest BCUT2D eigenvalue weighted by Gasteiger charge is -2.06. The molecule has 3 aromatic rings. The van der Waals surface area contributed by atoms with Gasteiger partial charge in [-0.2, -0.15) is 0 Å². The number of nitrogens with zero attached hydrogens (tertiary/aromatic N) is 4. The highest BCUT2D eigenvalue weighted by Gasteiger charge is 2.12. The van der Waals surface area contributed by atoms with Crippen LogP contribution in [-0.4, -0.2) is 25.7 Å². The first kappa shape index (κ1) is 14.7. The Balaban J connectivity index is 1.70. The van der Waals surface area contributed by atoms with Gasteiger partial charge in [-0.3, -0.25) is 14.5 Å². The molecule has 9 heteroatoms. The van der Waals surface area contributed by atoms with Crippen molar-refractivity contribution in [2.24, 2.45) is 0 Å². The monoisotopic (exact) mass is 318 g/mol. The Kier molecular flexibility index (Phi) is 3.75. The summed E-state index contributed by atoms with van der Waals surface area (Å²) in [6.45, 7) is 0.120. The van der Waals surface area contributed by atoms with Crippen LogP contribution >= 0.6 is 0 Å². The molecule has 0 aliphatic carbocycles. The molecule has 23 heavy (non-hydrogen) atoms. The second-order valence-corrected chi connectivity index (χ2v) is 4.65. The van der Waals surface area contributed by atoms with Crippen molar-refractivity contribution in [2.45, 2.75) is 6.54 Å². The maximum atomic E-state index is 13.7. The zero-order valence-electron chi connectivity index (χ0n) is 11.8. The minimum atomic E-state index is -0.832. The number of ether oxygens (including phenoxy) is 1. The molecule has 0 N–H and O–H groups in total. The zero-order chi connectivity index (χ0) is 16.4. The van der Waals surface area contributed by atoms with Crippen molar-refractivity contribution in [3.8, 4) is 5.75 Å². The largest absolute Gasteiger partial charge is 0.489 e. The minimum absolute atomic E-state index is 0.00147. The highest BCUT2D eigenvalue weighted by Crippen LogP contribution is 2.22. The van der Waals surface area contributed by atoms with Crippen LogP contribution in [0.15, 0.2) is 47.4 Å². The highest BCUT2D eigenvalue weighted by atomic mass is 19.1. The lowest BCUT2D eigenvalue weighted by atomic mass is 10.3. The zero-order valence-corrected chi connectivity index (χ0v) is 11.8. The molecule has 0 bridgehead atoms. The molecular weight excluding hydrogens is 307 g/mol. The van der Waals surface area contributed by atoms with Crippen LogP contribution in [0, 0.1) is 15.9 Å². The van der Waals surface area contributed by atoms with Crippen molar-refractivity contribution in [1.29, 1.82) is 0 Å². The molecule has 0 aliphatic rings. The molecule has 1 aromatic carbocycles. The standard InChI is InChI=1S/C14H11FN4O4/c15-11-9-10(19(21)22)4-5-12(11)23-8-7-18-14(20)17-6-2-1-3-13(17)16-18/h1-6,9H,7-8H2. The molecule has 0 radical (unpaired) electrons. The maximum Gasteiger partial charge on any atom is 0.350 e. The summed E-state index contributed by atoms with van der Waals surface area (Å²) >= 11 is 0. The average Bonchev–Trinajstić information content (AvgIpc) is 2.85. The molecule has 2 aromatic heterocycles. The second kappa shape index (κ2) is 5.87. The number of fused-ring (bicyclic) bond motifs is 1. The number of rotatable bonds is 5.